The van der Waals surface area contributed by atoms with Gasteiger partial charge in [0.2, 0.25) is 0 Å². The van der Waals surface area contributed by atoms with Gasteiger partial charge in [-0.2, -0.15) is 5.10 Å². The van der Waals surface area contributed by atoms with Crippen LogP contribution < -0.4 is 5.32 Å². The first-order valence-corrected chi connectivity index (χ1v) is 6.62. The Hall–Kier alpha value is -0.580. The number of halogens is 1. The monoisotopic (exact) mass is 257 g/mol. The molecule has 0 radical (unpaired) electrons. The highest BCUT2D eigenvalue weighted by molar-refractivity contribution is 6.31. The number of rotatable bonds is 5. The number of hydrogen-bond donors (Lipinski definition) is 1. The molecule has 0 spiro atoms. The molecular weight excluding hydrogens is 238 g/mol. The topological polar surface area (TPSA) is 39.1 Å². The fourth-order valence-corrected chi connectivity index (χ4v) is 2.74. The molecule has 2 atom stereocenters. The number of ether oxygens (including phenoxy) is 1. The summed E-state index contributed by atoms with van der Waals surface area (Å²) in [6.45, 7) is 3.91. The quantitative estimate of drug-likeness (QED) is 0.880. The summed E-state index contributed by atoms with van der Waals surface area (Å²) in [7, 11) is 1.93. The summed E-state index contributed by atoms with van der Waals surface area (Å²) < 4.78 is 7.55. The standard InChI is InChI=1S/C12H20ClN3O/c1-3-14-11(7-9-5-4-6-17-9)12-10(13)8-15-16(12)2/h8-9,11,14H,3-7H2,1-2H3. The van der Waals surface area contributed by atoms with Crippen molar-refractivity contribution in [3.05, 3.63) is 16.9 Å². The van der Waals surface area contributed by atoms with Gasteiger partial charge in [0, 0.05) is 13.7 Å². The summed E-state index contributed by atoms with van der Waals surface area (Å²) in [5.41, 5.74) is 1.06. The average Bonchev–Trinajstić information content (AvgIpc) is 2.89. The Labute approximate surface area is 107 Å². The molecule has 1 aromatic rings. The van der Waals surface area contributed by atoms with Gasteiger partial charge >= 0.3 is 0 Å². The van der Waals surface area contributed by atoms with Crippen molar-refractivity contribution in [1.82, 2.24) is 15.1 Å². The summed E-state index contributed by atoms with van der Waals surface area (Å²) in [6.07, 6.45) is 5.34. The lowest BCUT2D eigenvalue weighted by Crippen LogP contribution is -2.27. The molecule has 1 fully saturated rings. The van der Waals surface area contributed by atoms with Crippen molar-refractivity contribution < 1.29 is 4.74 Å². The van der Waals surface area contributed by atoms with Crippen molar-refractivity contribution in [3.8, 4) is 0 Å². The molecule has 17 heavy (non-hydrogen) atoms. The molecule has 1 saturated heterocycles. The molecule has 0 aromatic carbocycles. The van der Waals surface area contributed by atoms with Crippen LogP contribution in [0.2, 0.25) is 5.02 Å². The molecule has 2 heterocycles. The fraction of sp³-hybridized carbons (Fsp3) is 0.750. The first kappa shape index (κ1) is 12.9. The summed E-state index contributed by atoms with van der Waals surface area (Å²) in [5.74, 6) is 0. The van der Waals surface area contributed by atoms with Gasteiger partial charge in [0.05, 0.1) is 29.1 Å². The molecule has 1 N–H and O–H groups in total. The van der Waals surface area contributed by atoms with Crippen LogP contribution in [0.1, 0.15) is 37.9 Å². The van der Waals surface area contributed by atoms with Crippen molar-refractivity contribution in [1.29, 1.82) is 0 Å². The predicted octanol–water partition coefficient (Wildman–Crippen LogP) is 2.29. The van der Waals surface area contributed by atoms with E-state index in [4.69, 9.17) is 16.3 Å². The molecule has 0 aliphatic carbocycles. The van der Waals surface area contributed by atoms with Crippen LogP contribution in [0.4, 0.5) is 0 Å². The smallest absolute Gasteiger partial charge is 0.0834 e. The van der Waals surface area contributed by atoms with Crippen LogP contribution in [0.5, 0.6) is 0 Å². The second-order valence-electron chi connectivity index (χ2n) is 4.48. The maximum absolute atomic E-state index is 6.20. The van der Waals surface area contributed by atoms with Crippen LogP contribution in [0.3, 0.4) is 0 Å². The van der Waals surface area contributed by atoms with Gasteiger partial charge in [-0.1, -0.05) is 18.5 Å². The Morgan fingerprint density at radius 3 is 3.06 bits per heavy atom. The van der Waals surface area contributed by atoms with Gasteiger partial charge < -0.3 is 10.1 Å². The average molecular weight is 258 g/mol. The fourth-order valence-electron chi connectivity index (χ4n) is 2.44. The minimum absolute atomic E-state index is 0.225. The SMILES string of the molecule is CCNC(CC1CCCO1)c1c(Cl)cnn1C. The lowest BCUT2D eigenvalue weighted by Gasteiger charge is -2.21. The number of aryl methyl sites for hydroxylation is 1. The number of nitrogens with one attached hydrogen (secondary N) is 1. The maximum Gasteiger partial charge on any atom is 0.0834 e. The van der Waals surface area contributed by atoms with Gasteiger partial charge in [0.1, 0.15) is 0 Å². The maximum atomic E-state index is 6.20. The largest absolute Gasteiger partial charge is 0.378 e. The van der Waals surface area contributed by atoms with E-state index in [2.05, 4.69) is 17.3 Å². The predicted molar refractivity (Wildman–Crippen MR) is 68.2 cm³/mol. The third-order valence-corrected chi connectivity index (χ3v) is 3.53. The van der Waals surface area contributed by atoms with Crippen molar-refractivity contribution in [3.63, 3.8) is 0 Å². The summed E-state index contributed by atoms with van der Waals surface area (Å²) in [4.78, 5) is 0. The second kappa shape index (κ2) is 5.85. The Morgan fingerprint density at radius 1 is 1.71 bits per heavy atom. The van der Waals surface area contributed by atoms with Crippen LogP contribution in [0.25, 0.3) is 0 Å². The lowest BCUT2D eigenvalue weighted by molar-refractivity contribution is 0.0939. The molecule has 0 amide bonds. The molecule has 1 aliphatic rings. The molecule has 4 nitrogen and oxygen atoms in total. The van der Waals surface area contributed by atoms with E-state index in [1.54, 1.807) is 6.20 Å². The van der Waals surface area contributed by atoms with Crippen LogP contribution in [-0.4, -0.2) is 29.0 Å². The first-order valence-electron chi connectivity index (χ1n) is 6.24. The minimum atomic E-state index is 0.225. The Bertz CT molecular complexity index is 341. The van der Waals surface area contributed by atoms with Gasteiger partial charge in [-0.15, -0.1) is 0 Å². The number of nitrogens with zero attached hydrogens (tertiary/aromatic N) is 2. The molecule has 5 heteroatoms. The van der Waals surface area contributed by atoms with E-state index in [0.717, 1.165) is 36.7 Å². The van der Waals surface area contributed by atoms with Crippen LogP contribution >= 0.6 is 11.6 Å². The highest BCUT2D eigenvalue weighted by atomic mass is 35.5. The third kappa shape index (κ3) is 3.00. The molecule has 96 valence electrons. The zero-order valence-corrected chi connectivity index (χ0v) is 11.2. The minimum Gasteiger partial charge on any atom is -0.378 e. The van der Waals surface area contributed by atoms with Crippen LogP contribution in [0.15, 0.2) is 6.20 Å². The summed E-state index contributed by atoms with van der Waals surface area (Å²) in [6, 6.07) is 0.225. The molecule has 2 rings (SSSR count). The number of aromatic nitrogens is 2. The van der Waals surface area contributed by atoms with Gasteiger partial charge in [-0.05, 0) is 25.8 Å². The third-order valence-electron chi connectivity index (χ3n) is 3.24. The van der Waals surface area contributed by atoms with E-state index in [1.807, 2.05) is 11.7 Å². The molecule has 1 aliphatic heterocycles. The van der Waals surface area contributed by atoms with E-state index in [9.17, 15) is 0 Å². The van der Waals surface area contributed by atoms with Crippen molar-refractivity contribution in [2.24, 2.45) is 7.05 Å². The van der Waals surface area contributed by atoms with E-state index in [-0.39, 0.29) is 6.04 Å². The zero-order chi connectivity index (χ0) is 12.3. The highest BCUT2D eigenvalue weighted by Gasteiger charge is 2.25. The summed E-state index contributed by atoms with van der Waals surface area (Å²) >= 11 is 6.20. The van der Waals surface area contributed by atoms with Crippen molar-refractivity contribution in [2.45, 2.75) is 38.3 Å². The molecule has 2 unspecified atom stereocenters. The van der Waals surface area contributed by atoms with Crippen LogP contribution in [0, 0.1) is 0 Å². The molecule has 0 saturated carbocycles. The van der Waals surface area contributed by atoms with Crippen molar-refractivity contribution in [2.75, 3.05) is 13.2 Å². The Morgan fingerprint density at radius 2 is 2.53 bits per heavy atom. The zero-order valence-electron chi connectivity index (χ0n) is 10.4. The van der Waals surface area contributed by atoms with Gasteiger partial charge in [0.15, 0.2) is 0 Å². The van der Waals surface area contributed by atoms with Gasteiger partial charge in [-0.25, -0.2) is 0 Å². The van der Waals surface area contributed by atoms with Gasteiger partial charge in [-0.3, -0.25) is 4.68 Å². The molecular formula is C12H20ClN3O. The van der Waals surface area contributed by atoms with E-state index >= 15 is 0 Å². The van der Waals surface area contributed by atoms with E-state index < -0.39 is 0 Å². The van der Waals surface area contributed by atoms with E-state index in [1.165, 1.54) is 6.42 Å². The van der Waals surface area contributed by atoms with Gasteiger partial charge in [0.25, 0.3) is 0 Å². The Kier molecular flexibility index (Phi) is 4.42. The second-order valence-corrected chi connectivity index (χ2v) is 4.89. The van der Waals surface area contributed by atoms with E-state index in [0.29, 0.717) is 6.10 Å². The lowest BCUT2D eigenvalue weighted by atomic mass is 10.0. The Balaban J connectivity index is 2.10. The number of hydrogen-bond acceptors (Lipinski definition) is 3. The first-order chi connectivity index (χ1) is 8.22. The summed E-state index contributed by atoms with van der Waals surface area (Å²) in [5, 5.41) is 8.40. The van der Waals surface area contributed by atoms with Crippen molar-refractivity contribution >= 4 is 11.6 Å². The molecule has 0 bridgehead atoms. The molecule has 1 aromatic heterocycles. The highest BCUT2D eigenvalue weighted by Crippen LogP contribution is 2.29. The van der Waals surface area contributed by atoms with Crippen LogP contribution in [-0.2, 0) is 11.8 Å². The normalized spacial score (nSPS) is 21.9.